The predicted octanol–water partition coefficient (Wildman–Crippen LogP) is 3.92. The van der Waals surface area contributed by atoms with Crippen LogP contribution in [-0.2, 0) is 4.79 Å². The second-order valence-electron chi connectivity index (χ2n) is 5.84. The molecule has 0 saturated heterocycles. The summed E-state index contributed by atoms with van der Waals surface area (Å²) in [5.41, 5.74) is 0.919. The van der Waals surface area contributed by atoms with Crippen LogP contribution in [0.5, 0.6) is 11.5 Å². The Morgan fingerprint density at radius 2 is 1.86 bits per heavy atom. The molecule has 0 bridgehead atoms. The first-order valence-corrected chi connectivity index (χ1v) is 10.9. The van der Waals surface area contributed by atoms with Crippen LogP contribution in [0.15, 0.2) is 58.2 Å². The van der Waals surface area contributed by atoms with Crippen molar-refractivity contribution >= 4 is 33.6 Å². The molecule has 1 heterocycles. The zero-order valence-corrected chi connectivity index (χ0v) is 18.3. The first-order chi connectivity index (χ1) is 14.2. The molecule has 3 aromatic rings. The monoisotopic (exact) mass is 476 g/mol. The predicted molar refractivity (Wildman–Crippen MR) is 116 cm³/mol. The molecule has 0 unspecified atom stereocenters. The van der Waals surface area contributed by atoms with Crippen LogP contribution >= 0.6 is 27.7 Å². The Hall–Kier alpha value is -2.52. The summed E-state index contributed by atoms with van der Waals surface area (Å²) in [5, 5.41) is 10.4. The summed E-state index contributed by atoms with van der Waals surface area (Å²) in [5.74, 6) is 2.33. The number of hydrogen-bond donors (Lipinski definition) is 2. The molecule has 1 amide bonds. The highest BCUT2D eigenvalue weighted by molar-refractivity contribution is 9.10. The zero-order valence-electron chi connectivity index (χ0n) is 15.9. The topological polar surface area (TPSA) is 89.1 Å². The highest BCUT2D eigenvalue weighted by Gasteiger charge is 2.10. The van der Waals surface area contributed by atoms with Crippen molar-refractivity contribution in [2.75, 3.05) is 25.5 Å². The van der Waals surface area contributed by atoms with Gasteiger partial charge in [0.05, 0.1) is 18.9 Å². The lowest BCUT2D eigenvalue weighted by molar-refractivity contribution is -0.118. The van der Waals surface area contributed by atoms with Crippen LogP contribution in [0.1, 0.15) is 6.92 Å². The van der Waals surface area contributed by atoms with Gasteiger partial charge in [-0.2, -0.15) is 0 Å². The lowest BCUT2D eigenvalue weighted by atomic mass is 10.2. The van der Waals surface area contributed by atoms with Crippen molar-refractivity contribution in [3.05, 3.63) is 53.0 Å². The average Bonchev–Trinajstić information content (AvgIpc) is 3.20. The Balaban J connectivity index is 1.37. The molecule has 29 heavy (non-hydrogen) atoms. The SMILES string of the molecule is CCOc1ccc(OCCNC(=O)CSc2n[nH]c(-c3ccccc3Br)n2)cc1. The van der Waals surface area contributed by atoms with Crippen molar-refractivity contribution < 1.29 is 14.3 Å². The quantitative estimate of drug-likeness (QED) is 0.340. The largest absolute Gasteiger partial charge is 0.494 e. The summed E-state index contributed by atoms with van der Waals surface area (Å²) < 4.78 is 11.9. The van der Waals surface area contributed by atoms with Gasteiger partial charge in [-0.05, 0) is 37.3 Å². The van der Waals surface area contributed by atoms with Crippen LogP contribution < -0.4 is 14.8 Å². The smallest absolute Gasteiger partial charge is 0.230 e. The van der Waals surface area contributed by atoms with Gasteiger partial charge in [0.25, 0.3) is 0 Å². The minimum atomic E-state index is -0.0995. The van der Waals surface area contributed by atoms with Crippen molar-refractivity contribution in [3.8, 4) is 22.9 Å². The molecule has 0 fully saturated rings. The van der Waals surface area contributed by atoms with Crippen molar-refractivity contribution in [2.45, 2.75) is 12.1 Å². The number of nitrogens with zero attached hydrogens (tertiary/aromatic N) is 2. The third kappa shape index (κ3) is 6.50. The highest BCUT2D eigenvalue weighted by Crippen LogP contribution is 2.26. The van der Waals surface area contributed by atoms with Crippen LogP contribution in [0.2, 0.25) is 0 Å². The van der Waals surface area contributed by atoms with E-state index in [1.165, 1.54) is 11.8 Å². The summed E-state index contributed by atoms with van der Waals surface area (Å²) in [4.78, 5) is 16.4. The number of ether oxygens (including phenoxy) is 2. The molecule has 0 spiro atoms. The normalized spacial score (nSPS) is 10.6. The fraction of sp³-hybridized carbons (Fsp3) is 0.250. The van der Waals surface area contributed by atoms with Gasteiger partial charge in [-0.3, -0.25) is 9.89 Å². The number of rotatable bonds is 10. The maximum Gasteiger partial charge on any atom is 0.230 e. The number of thioether (sulfide) groups is 1. The fourth-order valence-corrected chi connectivity index (χ4v) is 3.52. The van der Waals surface area contributed by atoms with Gasteiger partial charge in [0.15, 0.2) is 5.82 Å². The number of hydrogen-bond acceptors (Lipinski definition) is 6. The van der Waals surface area contributed by atoms with E-state index in [0.29, 0.717) is 30.7 Å². The van der Waals surface area contributed by atoms with Crippen LogP contribution in [-0.4, -0.2) is 46.6 Å². The fourth-order valence-electron chi connectivity index (χ4n) is 2.42. The molecule has 0 radical (unpaired) electrons. The number of H-pyrrole nitrogens is 1. The molecule has 0 aliphatic carbocycles. The Morgan fingerprint density at radius 1 is 1.14 bits per heavy atom. The van der Waals surface area contributed by atoms with Gasteiger partial charge in [-0.15, -0.1) is 5.10 Å². The van der Waals surface area contributed by atoms with E-state index in [1.807, 2.05) is 55.5 Å². The summed E-state index contributed by atoms with van der Waals surface area (Å²) in [6, 6.07) is 15.1. The highest BCUT2D eigenvalue weighted by atomic mass is 79.9. The molecule has 1 aromatic heterocycles. The molecule has 0 aliphatic heterocycles. The third-order valence-corrected chi connectivity index (χ3v) is 5.29. The number of carbonyl (C=O) groups is 1. The molecule has 0 saturated carbocycles. The van der Waals surface area contributed by atoms with Gasteiger partial charge >= 0.3 is 0 Å². The second kappa shape index (κ2) is 10.9. The van der Waals surface area contributed by atoms with Gasteiger partial charge in [-0.25, -0.2) is 4.98 Å². The van der Waals surface area contributed by atoms with Gasteiger partial charge in [0.1, 0.15) is 18.1 Å². The number of aromatic nitrogens is 3. The van der Waals surface area contributed by atoms with Crippen LogP contribution in [0, 0.1) is 0 Å². The molecule has 7 nitrogen and oxygen atoms in total. The van der Waals surface area contributed by atoms with E-state index in [1.54, 1.807) is 0 Å². The van der Waals surface area contributed by atoms with Gasteiger partial charge in [0, 0.05) is 10.0 Å². The molecule has 0 atom stereocenters. The molecule has 9 heteroatoms. The van der Waals surface area contributed by atoms with E-state index in [2.05, 4.69) is 36.4 Å². The van der Waals surface area contributed by atoms with Crippen LogP contribution in [0.4, 0.5) is 0 Å². The molecule has 3 rings (SSSR count). The molecular weight excluding hydrogens is 456 g/mol. The van der Waals surface area contributed by atoms with Crippen molar-refractivity contribution in [1.29, 1.82) is 0 Å². The summed E-state index contributed by atoms with van der Waals surface area (Å²) in [6.45, 7) is 3.37. The maximum absolute atomic E-state index is 12.0. The Kier molecular flexibility index (Phi) is 7.94. The standard InChI is InChI=1S/C20H21BrN4O3S/c1-2-27-14-7-9-15(10-8-14)28-12-11-22-18(26)13-29-20-23-19(24-25-20)16-5-3-4-6-17(16)21/h3-10H,2,11-13H2,1H3,(H,22,26)(H,23,24,25). The van der Waals surface area contributed by atoms with Crippen LogP contribution in [0.3, 0.4) is 0 Å². The Bertz CT molecular complexity index is 933. The Labute approximate surface area is 181 Å². The first kappa shape index (κ1) is 21.2. The first-order valence-electron chi connectivity index (χ1n) is 9.08. The molecule has 0 aliphatic rings. The maximum atomic E-state index is 12.0. The zero-order chi connectivity index (χ0) is 20.5. The average molecular weight is 477 g/mol. The minimum Gasteiger partial charge on any atom is -0.494 e. The van der Waals surface area contributed by atoms with E-state index < -0.39 is 0 Å². The van der Waals surface area contributed by atoms with E-state index in [-0.39, 0.29) is 11.7 Å². The number of amides is 1. The van der Waals surface area contributed by atoms with Crippen molar-refractivity contribution in [1.82, 2.24) is 20.5 Å². The number of halogens is 1. The second-order valence-corrected chi connectivity index (χ2v) is 7.63. The molecular formula is C20H21BrN4O3S. The number of aromatic amines is 1. The van der Waals surface area contributed by atoms with Gasteiger partial charge in [0.2, 0.25) is 11.1 Å². The number of carbonyl (C=O) groups excluding carboxylic acids is 1. The van der Waals surface area contributed by atoms with E-state index in [4.69, 9.17) is 9.47 Å². The lowest BCUT2D eigenvalue weighted by Crippen LogP contribution is -2.29. The number of benzene rings is 2. The van der Waals surface area contributed by atoms with Gasteiger partial charge < -0.3 is 14.8 Å². The summed E-state index contributed by atoms with van der Waals surface area (Å²) >= 11 is 4.77. The third-order valence-electron chi connectivity index (χ3n) is 3.75. The van der Waals surface area contributed by atoms with E-state index in [9.17, 15) is 4.79 Å². The Morgan fingerprint density at radius 3 is 2.59 bits per heavy atom. The van der Waals surface area contributed by atoms with Crippen molar-refractivity contribution in [3.63, 3.8) is 0 Å². The number of nitrogens with one attached hydrogen (secondary N) is 2. The molecule has 152 valence electrons. The lowest BCUT2D eigenvalue weighted by Gasteiger charge is -2.08. The minimum absolute atomic E-state index is 0.0995. The van der Waals surface area contributed by atoms with Crippen LogP contribution in [0.25, 0.3) is 11.4 Å². The van der Waals surface area contributed by atoms with E-state index in [0.717, 1.165) is 21.5 Å². The van der Waals surface area contributed by atoms with Gasteiger partial charge in [-0.1, -0.05) is 45.9 Å². The summed E-state index contributed by atoms with van der Waals surface area (Å²) in [7, 11) is 0. The van der Waals surface area contributed by atoms with Crippen molar-refractivity contribution in [2.24, 2.45) is 0 Å². The molecule has 2 N–H and O–H groups in total. The summed E-state index contributed by atoms with van der Waals surface area (Å²) in [6.07, 6.45) is 0. The molecule has 2 aromatic carbocycles. The van der Waals surface area contributed by atoms with E-state index >= 15 is 0 Å².